The fourth-order valence-electron chi connectivity index (χ4n) is 1.25. The van der Waals surface area contributed by atoms with Crippen LogP contribution in [-0.4, -0.2) is 26.9 Å². The van der Waals surface area contributed by atoms with Gasteiger partial charge in [0.1, 0.15) is 11.4 Å². The molecule has 0 amide bonds. The maximum absolute atomic E-state index is 11.4. The first-order chi connectivity index (χ1) is 7.88. The third kappa shape index (κ3) is 5.77. The fraction of sp³-hybridized carbons (Fsp3) is 0.667. The van der Waals surface area contributed by atoms with Gasteiger partial charge in [-0.1, -0.05) is 0 Å². The van der Waals surface area contributed by atoms with Crippen LogP contribution in [0.2, 0.25) is 0 Å². The zero-order chi connectivity index (χ0) is 12.9. The SMILES string of the molecule is Cn1ccnc1CSCCC(=O)OC(C)(C)C. The number of ether oxygens (including phenoxy) is 1. The van der Waals surface area contributed by atoms with Crippen molar-refractivity contribution in [1.29, 1.82) is 0 Å². The third-order valence-corrected chi connectivity index (χ3v) is 2.98. The molecule has 5 heteroatoms. The lowest BCUT2D eigenvalue weighted by atomic mass is 10.2. The zero-order valence-electron chi connectivity index (χ0n) is 10.9. The second kappa shape index (κ2) is 6.10. The van der Waals surface area contributed by atoms with E-state index in [9.17, 15) is 4.79 Å². The minimum Gasteiger partial charge on any atom is -0.460 e. The molecule has 1 aromatic heterocycles. The highest BCUT2D eigenvalue weighted by Gasteiger charge is 2.15. The standard InChI is InChI=1S/C12H20N2O2S/c1-12(2,3)16-11(15)5-8-17-9-10-13-6-7-14(10)4/h6-7H,5,8-9H2,1-4H3. The monoisotopic (exact) mass is 256 g/mol. The van der Waals surface area contributed by atoms with Crippen LogP contribution in [0.15, 0.2) is 12.4 Å². The lowest BCUT2D eigenvalue weighted by Crippen LogP contribution is -2.24. The molecule has 1 aromatic rings. The number of hydrogen-bond donors (Lipinski definition) is 0. The first-order valence-corrected chi connectivity index (χ1v) is 6.80. The molecular weight excluding hydrogens is 236 g/mol. The van der Waals surface area contributed by atoms with Gasteiger partial charge >= 0.3 is 5.97 Å². The minimum atomic E-state index is -0.387. The van der Waals surface area contributed by atoms with Crippen molar-refractivity contribution in [3.8, 4) is 0 Å². The molecule has 0 atom stereocenters. The first-order valence-electron chi connectivity index (χ1n) is 5.64. The lowest BCUT2D eigenvalue weighted by Gasteiger charge is -2.19. The van der Waals surface area contributed by atoms with Gasteiger partial charge in [0.05, 0.1) is 12.2 Å². The van der Waals surface area contributed by atoms with E-state index in [4.69, 9.17) is 4.74 Å². The smallest absolute Gasteiger partial charge is 0.307 e. The van der Waals surface area contributed by atoms with Crippen LogP contribution in [-0.2, 0) is 22.3 Å². The van der Waals surface area contributed by atoms with Gasteiger partial charge in [-0.05, 0) is 20.8 Å². The average molecular weight is 256 g/mol. The molecule has 0 saturated carbocycles. The summed E-state index contributed by atoms with van der Waals surface area (Å²) < 4.78 is 7.21. The van der Waals surface area contributed by atoms with Crippen LogP contribution < -0.4 is 0 Å². The molecule has 0 aliphatic rings. The van der Waals surface area contributed by atoms with Crippen molar-refractivity contribution in [3.63, 3.8) is 0 Å². The van der Waals surface area contributed by atoms with E-state index in [1.807, 2.05) is 38.6 Å². The molecule has 0 bridgehead atoms. The van der Waals surface area contributed by atoms with E-state index in [1.54, 1.807) is 18.0 Å². The van der Waals surface area contributed by atoms with Gasteiger partial charge in [0, 0.05) is 25.2 Å². The van der Waals surface area contributed by atoms with E-state index in [-0.39, 0.29) is 11.6 Å². The van der Waals surface area contributed by atoms with Crippen LogP contribution >= 0.6 is 11.8 Å². The highest BCUT2D eigenvalue weighted by Crippen LogP contribution is 2.13. The van der Waals surface area contributed by atoms with Gasteiger partial charge in [0.25, 0.3) is 0 Å². The number of nitrogens with zero attached hydrogens (tertiary/aromatic N) is 2. The maximum Gasteiger partial charge on any atom is 0.307 e. The largest absolute Gasteiger partial charge is 0.460 e. The van der Waals surface area contributed by atoms with Crippen molar-refractivity contribution in [3.05, 3.63) is 18.2 Å². The Labute approximate surface area is 107 Å². The number of aryl methyl sites for hydroxylation is 1. The maximum atomic E-state index is 11.4. The quantitative estimate of drug-likeness (QED) is 0.599. The number of hydrogen-bond acceptors (Lipinski definition) is 4. The topological polar surface area (TPSA) is 44.1 Å². The van der Waals surface area contributed by atoms with Gasteiger partial charge in [-0.3, -0.25) is 4.79 Å². The molecule has 0 saturated heterocycles. The van der Waals surface area contributed by atoms with Crippen molar-refractivity contribution in [2.45, 2.75) is 38.5 Å². The zero-order valence-corrected chi connectivity index (χ0v) is 11.7. The lowest BCUT2D eigenvalue weighted by molar-refractivity contribution is -0.154. The minimum absolute atomic E-state index is 0.134. The Morgan fingerprint density at radius 1 is 1.53 bits per heavy atom. The summed E-state index contributed by atoms with van der Waals surface area (Å²) in [6.07, 6.45) is 4.15. The third-order valence-electron chi connectivity index (χ3n) is 2.02. The molecule has 0 aliphatic heterocycles. The molecule has 1 heterocycles. The molecule has 0 unspecified atom stereocenters. The molecule has 0 spiro atoms. The summed E-state index contributed by atoms with van der Waals surface area (Å²) in [5, 5.41) is 0. The molecule has 96 valence electrons. The number of rotatable bonds is 5. The van der Waals surface area contributed by atoms with Crippen molar-refractivity contribution in [2.75, 3.05) is 5.75 Å². The molecule has 1 rings (SSSR count). The van der Waals surface area contributed by atoms with Gasteiger partial charge in [-0.25, -0.2) is 4.98 Å². The molecule has 0 fully saturated rings. The predicted octanol–water partition coefficient (Wildman–Crippen LogP) is 2.39. The summed E-state index contributed by atoms with van der Waals surface area (Å²) in [5.74, 6) is 2.48. The Bertz CT molecular complexity index is 369. The van der Waals surface area contributed by atoms with Gasteiger partial charge in [0.2, 0.25) is 0 Å². The van der Waals surface area contributed by atoms with E-state index < -0.39 is 0 Å². The Morgan fingerprint density at radius 2 is 2.24 bits per heavy atom. The second-order valence-corrected chi connectivity index (χ2v) is 5.95. The molecule has 0 aromatic carbocycles. The first kappa shape index (κ1) is 14.1. The Hall–Kier alpha value is -0.970. The molecule has 4 nitrogen and oxygen atoms in total. The number of carbonyl (C=O) groups excluding carboxylic acids is 1. The predicted molar refractivity (Wildman–Crippen MR) is 69.8 cm³/mol. The Balaban J connectivity index is 2.17. The van der Waals surface area contributed by atoms with Crippen molar-refractivity contribution >= 4 is 17.7 Å². The highest BCUT2D eigenvalue weighted by atomic mass is 32.2. The average Bonchev–Trinajstić information content (AvgIpc) is 2.56. The van der Waals surface area contributed by atoms with Crippen molar-refractivity contribution < 1.29 is 9.53 Å². The highest BCUT2D eigenvalue weighted by molar-refractivity contribution is 7.98. The van der Waals surface area contributed by atoms with Crippen LogP contribution in [0.5, 0.6) is 0 Å². The van der Waals surface area contributed by atoms with Gasteiger partial charge in [-0.2, -0.15) is 11.8 Å². The fourth-order valence-corrected chi connectivity index (χ4v) is 2.16. The molecule has 17 heavy (non-hydrogen) atoms. The summed E-state index contributed by atoms with van der Waals surface area (Å²) in [6, 6.07) is 0. The van der Waals surface area contributed by atoms with E-state index in [0.29, 0.717) is 6.42 Å². The molecule has 0 aliphatic carbocycles. The normalized spacial score (nSPS) is 11.5. The van der Waals surface area contributed by atoms with E-state index in [0.717, 1.165) is 17.3 Å². The van der Waals surface area contributed by atoms with E-state index in [2.05, 4.69) is 4.98 Å². The Kier molecular flexibility index (Phi) is 5.05. The van der Waals surface area contributed by atoms with Crippen LogP contribution in [0.1, 0.15) is 33.0 Å². The van der Waals surface area contributed by atoms with Gasteiger partial charge in [-0.15, -0.1) is 0 Å². The second-order valence-electron chi connectivity index (χ2n) is 4.84. The summed E-state index contributed by atoms with van der Waals surface area (Å²) in [6.45, 7) is 5.64. The molecule has 0 N–H and O–H groups in total. The summed E-state index contributed by atoms with van der Waals surface area (Å²) in [7, 11) is 1.97. The number of thioether (sulfide) groups is 1. The van der Waals surface area contributed by atoms with E-state index in [1.165, 1.54) is 0 Å². The number of aromatic nitrogens is 2. The van der Waals surface area contributed by atoms with Crippen LogP contribution in [0.4, 0.5) is 0 Å². The summed E-state index contributed by atoms with van der Waals surface area (Å²) >= 11 is 1.70. The van der Waals surface area contributed by atoms with E-state index >= 15 is 0 Å². The van der Waals surface area contributed by atoms with Gasteiger partial charge in [0.15, 0.2) is 0 Å². The van der Waals surface area contributed by atoms with Gasteiger partial charge < -0.3 is 9.30 Å². The number of carbonyl (C=O) groups is 1. The van der Waals surface area contributed by atoms with Crippen LogP contribution in [0, 0.1) is 0 Å². The summed E-state index contributed by atoms with van der Waals surface area (Å²) in [5.41, 5.74) is -0.387. The molecular formula is C12H20N2O2S. The van der Waals surface area contributed by atoms with Crippen molar-refractivity contribution in [2.24, 2.45) is 7.05 Å². The Morgan fingerprint density at radius 3 is 2.76 bits per heavy atom. The molecule has 0 radical (unpaired) electrons. The van der Waals surface area contributed by atoms with Crippen LogP contribution in [0.25, 0.3) is 0 Å². The number of esters is 1. The van der Waals surface area contributed by atoms with Crippen LogP contribution in [0.3, 0.4) is 0 Å². The number of imidazole rings is 1. The summed E-state index contributed by atoms with van der Waals surface area (Å²) in [4.78, 5) is 15.6. The van der Waals surface area contributed by atoms with Crippen molar-refractivity contribution in [1.82, 2.24) is 9.55 Å².